The Kier molecular flexibility index (Phi) is 6.61. The molecule has 1 aromatic rings. The SMILES string of the molecule is CCN(CCNCc1cc(O)cc(F)c1)C(=O)OC(C)(C)C. The highest BCUT2D eigenvalue weighted by molar-refractivity contribution is 5.68. The van der Waals surface area contributed by atoms with Crippen LogP contribution in [0.25, 0.3) is 0 Å². The number of benzene rings is 1. The summed E-state index contributed by atoms with van der Waals surface area (Å²) >= 11 is 0. The minimum absolute atomic E-state index is 0.0965. The average Bonchev–Trinajstić information content (AvgIpc) is 2.35. The lowest BCUT2D eigenvalue weighted by molar-refractivity contribution is 0.0262. The maximum absolute atomic E-state index is 13.1. The third kappa shape index (κ3) is 6.76. The van der Waals surface area contributed by atoms with Gasteiger partial charge in [0.25, 0.3) is 0 Å². The number of ether oxygens (including phenoxy) is 1. The largest absolute Gasteiger partial charge is 0.508 e. The molecule has 0 bridgehead atoms. The van der Waals surface area contributed by atoms with Gasteiger partial charge in [0.1, 0.15) is 17.2 Å². The lowest BCUT2D eigenvalue weighted by atomic mass is 10.2. The first-order valence-electron chi connectivity index (χ1n) is 7.38. The normalized spacial score (nSPS) is 11.3. The van der Waals surface area contributed by atoms with E-state index in [0.717, 1.165) is 6.07 Å². The van der Waals surface area contributed by atoms with E-state index in [2.05, 4.69) is 5.32 Å². The molecule has 22 heavy (non-hydrogen) atoms. The number of carbonyl (C=O) groups excluding carboxylic acids is 1. The number of aromatic hydroxyl groups is 1. The van der Waals surface area contributed by atoms with Crippen molar-refractivity contribution in [3.8, 4) is 5.75 Å². The zero-order valence-corrected chi connectivity index (χ0v) is 13.6. The summed E-state index contributed by atoms with van der Waals surface area (Å²) in [6.07, 6.45) is -0.347. The predicted octanol–water partition coefficient (Wildman–Crippen LogP) is 2.88. The van der Waals surface area contributed by atoms with E-state index in [0.29, 0.717) is 31.7 Å². The van der Waals surface area contributed by atoms with Crippen LogP contribution >= 0.6 is 0 Å². The number of carbonyl (C=O) groups is 1. The molecular formula is C16H25FN2O3. The molecule has 0 aromatic heterocycles. The molecule has 0 fully saturated rings. The summed E-state index contributed by atoms with van der Waals surface area (Å²) in [5, 5.41) is 12.4. The number of nitrogens with one attached hydrogen (secondary N) is 1. The van der Waals surface area contributed by atoms with E-state index < -0.39 is 11.4 Å². The second kappa shape index (κ2) is 7.98. The Balaban J connectivity index is 2.39. The van der Waals surface area contributed by atoms with Gasteiger partial charge in [-0.15, -0.1) is 0 Å². The maximum atomic E-state index is 13.1. The Bertz CT molecular complexity index is 480. The summed E-state index contributed by atoms with van der Waals surface area (Å²) in [6.45, 7) is 9.37. The standard InChI is InChI=1S/C16H25FN2O3/c1-5-19(15(21)22-16(2,3)4)7-6-18-11-12-8-13(17)10-14(20)9-12/h8-10,18,20H,5-7,11H2,1-4H3. The number of phenolic OH excluding ortho intramolecular Hbond substituents is 1. The average molecular weight is 312 g/mol. The van der Waals surface area contributed by atoms with Gasteiger partial charge < -0.3 is 20.1 Å². The fraction of sp³-hybridized carbons (Fsp3) is 0.562. The quantitative estimate of drug-likeness (QED) is 0.793. The second-order valence-corrected chi connectivity index (χ2v) is 6.05. The number of nitrogens with zero attached hydrogens (tertiary/aromatic N) is 1. The number of likely N-dealkylation sites (N-methyl/N-ethyl adjacent to an activating group) is 1. The van der Waals surface area contributed by atoms with Crippen molar-refractivity contribution in [2.75, 3.05) is 19.6 Å². The van der Waals surface area contributed by atoms with Gasteiger partial charge in [-0.1, -0.05) is 0 Å². The Hall–Kier alpha value is -1.82. The molecule has 2 N–H and O–H groups in total. The van der Waals surface area contributed by atoms with Gasteiger partial charge in [-0.25, -0.2) is 9.18 Å². The molecule has 0 aliphatic rings. The van der Waals surface area contributed by atoms with Gasteiger partial charge in [-0.05, 0) is 45.4 Å². The Labute approximate surface area is 131 Å². The molecular weight excluding hydrogens is 287 g/mol. The van der Waals surface area contributed by atoms with E-state index >= 15 is 0 Å². The number of hydrogen-bond acceptors (Lipinski definition) is 4. The first kappa shape index (κ1) is 18.2. The second-order valence-electron chi connectivity index (χ2n) is 6.05. The van der Waals surface area contributed by atoms with Crippen LogP contribution in [0.4, 0.5) is 9.18 Å². The van der Waals surface area contributed by atoms with E-state index in [1.165, 1.54) is 12.1 Å². The predicted molar refractivity (Wildman–Crippen MR) is 83.3 cm³/mol. The molecule has 0 radical (unpaired) electrons. The summed E-state index contributed by atoms with van der Waals surface area (Å²) in [7, 11) is 0. The highest BCUT2D eigenvalue weighted by Crippen LogP contribution is 2.14. The highest BCUT2D eigenvalue weighted by atomic mass is 19.1. The minimum atomic E-state index is -0.517. The molecule has 0 unspecified atom stereocenters. The lowest BCUT2D eigenvalue weighted by Crippen LogP contribution is -2.40. The zero-order chi connectivity index (χ0) is 16.8. The Morgan fingerprint density at radius 3 is 2.59 bits per heavy atom. The van der Waals surface area contributed by atoms with E-state index in [1.807, 2.05) is 27.7 Å². The van der Waals surface area contributed by atoms with Gasteiger partial charge in [0, 0.05) is 32.2 Å². The van der Waals surface area contributed by atoms with Crippen LogP contribution in [-0.4, -0.2) is 41.3 Å². The molecule has 1 amide bonds. The Morgan fingerprint density at radius 1 is 1.36 bits per heavy atom. The minimum Gasteiger partial charge on any atom is -0.508 e. The van der Waals surface area contributed by atoms with Gasteiger partial charge in [-0.3, -0.25) is 0 Å². The smallest absolute Gasteiger partial charge is 0.410 e. The highest BCUT2D eigenvalue weighted by Gasteiger charge is 2.20. The fourth-order valence-electron chi connectivity index (χ4n) is 1.89. The molecule has 1 rings (SSSR count). The summed E-state index contributed by atoms with van der Waals surface area (Å²) in [4.78, 5) is 13.5. The molecule has 0 saturated heterocycles. The maximum Gasteiger partial charge on any atom is 0.410 e. The van der Waals surface area contributed by atoms with Crippen molar-refractivity contribution in [2.24, 2.45) is 0 Å². The summed E-state index contributed by atoms with van der Waals surface area (Å²) in [5.74, 6) is -0.568. The molecule has 0 saturated carbocycles. The van der Waals surface area contributed by atoms with E-state index in [1.54, 1.807) is 4.90 Å². The van der Waals surface area contributed by atoms with Crippen molar-refractivity contribution in [3.63, 3.8) is 0 Å². The summed E-state index contributed by atoms with van der Waals surface area (Å²) < 4.78 is 18.4. The molecule has 124 valence electrons. The van der Waals surface area contributed by atoms with E-state index in [4.69, 9.17) is 4.74 Å². The number of phenols is 1. The van der Waals surface area contributed by atoms with Crippen LogP contribution in [0, 0.1) is 5.82 Å². The molecule has 5 nitrogen and oxygen atoms in total. The van der Waals surface area contributed by atoms with Crippen molar-refractivity contribution in [1.29, 1.82) is 0 Å². The third-order valence-corrected chi connectivity index (χ3v) is 2.86. The van der Waals surface area contributed by atoms with Crippen LogP contribution in [0.1, 0.15) is 33.3 Å². The molecule has 0 heterocycles. The third-order valence-electron chi connectivity index (χ3n) is 2.86. The van der Waals surface area contributed by atoms with Gasteiger partial charge in [0.05, 0.1) is 0 Å². The number of hydrogen-bond donors (Lipinski definition) is 2. The fourth-order valence-corrected chi connectivity index (χ4v) is 1.89. The molecule has 0 aliphatic heterocycles. The van der Waals surface area contributed by atoms with E-state index in [-0.39, 0.29) is 11.8 Å². The van der Waals surface area contributed by atoms with Crippen molar-refractivity contribution in [1.82, 2.24) is 10.2 Å². The van der Waals surface area contributed by atoms with Gasteiger partial charge >= 0.3 is 6.09 Å². The molecule has 0 aliphatic carbocycles. The van der Waals surface area contributed by atoms with Crippen LogP contribution in [-0.2, 0) is 11.3 Å². The van der Waals surface area contributed by atoms with Gasteiger partial charge in [0.2, 0.25) is 0 Å². The van der Waals surface area contributed by atoms with Crippen LogP contribution in [0.3, 0.4) is 0 Å². The topological polar surface area (TPSA) is 61.8 Å². The molecule has 0 spiro atoms. The van der Waals surface area contributed by atoms with Gasteiger partial charge in [-0.2, -0.15) is 0 Å². The van der Waals surface area contributed by atoms with E-state index in [9.17, 15) is 14.3 Å². The number of halogens is 1. The van der Waals surface area contributed by atoms with Crippen LogP contribution in [0.15, 0.2) is 18.2 Å². The van der Waals surface area contributed by atoms with Crippen LogP contribution in [0.5, 0.6) is 5.75 Å². The van der Waals surface area contributed by atoms with Crippen molar-refractivity contribution in [3.05, 3.63) is 29.6 Å². The van der Waals surface area contributed by atoms with Crippen LogP contribution in [0.2, 0.25) is 0 Å². The molecule has 1 aromatic carbocycles. The van der Waals surface area contributed by atoms with Crippen molar-refractivity contribution in [2.45, 2.75) is 39.8 Å². The summed E-state index contributed by atoms with van der Waals surface area (Å²) in [6, 6.07) is 3.92. The monoisotopic (exact) mass is 312 g/mol. The molecule has 0 atom stereocenters. The Morgan fingerprint density at radius 2 is 2.05 bits per heavy atom. The van der Waals surface area contributed by atoms with Crippen molar-refractivity contribution >= 4 is 6.09 Å². The molecule has 6 heteroatoms. The first-order valence-corrected chi connectivity index (χ1v) is 7.38. The lowest BCUT2D eigenvalue weighted by Gasteiger charge is -2.26. The zero-order valence-electron chi connectivity index (χ0n) is 13.6. The first-order chi connectivity index (χ1) is 10.2. The van der Waals surface area contributed by atoms with Crippen molar-refractivity contribution < 1.29 is 19.0 Å². The van der Waals surface area contributed by atoms with Crippen LogP contribution < -0.4 is 5.32 Å². The number of rotatable bonds is 6. The summed E-state index contributed by atoms with van der Waals surface area (Å²) in [5.41, 5.74) is 0.134. The number of amides is 1. The van der Waals surface area contributed by atoms with Gasteiger partial charge in [0.15, 0.2) is 0 Å².